The molecule has 0 bridgehead atoms. The van der Waals surface area contributed by atoms with Crippen molar-refractivity contribution in [3.05, 3.63) is 30.3 Å². The molecule has 0 radical (unpaired) electrons. The summed E-state index contributed by atoms with van der Waals surface area (Å²) in [5.74, 6) is 4.80. The van der Waals surface area contributed by atoms with E-state index in [0.29, 0.717) is 10.5 Å². The van der Waals surface area contributed by atoms with Gasteiger partial charge in [0, 0.05) is 0 Å². The molecule has 1 rings (SSSR count). The normalized spacial score (nSPS) is 11.4. The number of para-hydroxylation sites is 1. The number of rotatable bonds is 1. The van der Waals surface area contributed by atoms with Gasteiger partial charge in [-0.25, -0.2) is 0 Å². The fourth-order valence-electron chi connectivity index (χ4n) is 0.628. The molecule has 1 aromatic carbocycles. The molecular weight excluding hydrogens is 130 g/mol. The molecule has 0 heterocycles. The Morgan fingerprint density at radius 2 is 1.90 bits per heavy atom. The van der Waals surface area contributed by atoms with Crippen LogP contribution in [0.5, 0.6) is 0 Å². The van der Waals surface area contributed by atoms with E-state index in [0.717, 1.165) is 0 Å². The Balaban J connectivity index is 2.96. The lowest BCUT2D eigenvalue weighted by Crippen LogP contribution is -1.98. The number of nitrogens with two attached hydrogens (primary N) is 1. The Hall–Kier alpha value is -1.58. The first kappa shape index (κ1) is 6.54. The van der Waals surface area contributed by atoms with Gasteiger partial charge in [0.1, 0.15) is 5.22 Å². The molecule has 1 aromatic rings. The van der Waals surface area contributed by atoms with Crippen LogP contribution in [0.4, 0.5) is 5.69 Å². The molecule has 3 N–H and O–H groups in total. The smallest absolute Gasteiger partial charge is 0.198 e. The van der Waals surface area contributed by atoms with E-state index in [1.807, 2.05) is 6.07 Å². The summed E-state index contributed by atoms with van der Waals surface area (Å²) in [7, 11) is 0. The summed E-state index contributed by atoms with van der Waals surface area (Å²) >= 11 is 0. The monoisotopic (exact) mass is 138 g/mol. The SMILES string of the molecule is NN=[N+](O)c1ccccc1. The molecule has 0 saturated heterocycles. The highest BCUT2D eigenvalue weighted by molar-refractivity contribution is 5.27. The van der Waals surface area contributed by atoms with Crippen LogP contribution in [0.15, 0.2) is 35.6 Å². The molecule has 0 aliphatic rings. The molecular formula is C6H8N3O+. The predicted octanol–water partition coefficient (Wildman–Crippen LogP) is 1.05. The predicted molar refractivity (Wildman–Crippen MR) is 34.8 cm³/mol. The fourth-order valence-corrected chi connectivity index (χ4v) is 0.628. The van der Waals surface area contributed by atoms with E-state index in [4.69, 9.17) is 11.0 Å². The summed E-state index contributed by atoms with van der Waals surface area (Å²) in [4.78, 5) is 0.611. The van der Waals surface area contributed by atoms with Crippen LogP contribution in [0, 0.1) is 0 Å². The average Bonchev–Trinajstić information content (AvgIpc) is 2.05. The van der Waals surface area contributed by atoms with Crippen LogP contribution in [0.3, 0.4) is 0 Å². The van der Waals surface area contributed by atoms with Gasteiger partial charge in [0.25, 0.3) is 0 Å². The molecule has 0 aliphatic heterocycles. The third-order valence-electron chi connectivity index (χ3n) is 1.10. The zero-order valence-electron chi connectivity index (χ0n) is 5.31. The Kier molecular flexibility index (Phi) is 1.84. The van der Waals surface area contributed by atoms with Crippen molar-refractivity contribution in [3.63, 3.8) is 0 Å². The Morgan fingerprint density at radius 3 is 2.40 bits per heavy atom. The molecule has 0 unspecified atom stereocenters. The van der Waals surface area contributed by atoms with Gasteiger partial charge in [0.15, 0.2) is 5.69 Å². The Bertz CT molecular complexity index is 232. The van der Waals surface area contributed by atoms with E-state index in [1.54, 1.807) is 24.3 Å². The van der Waals surface area contributed by atoms with Crippen molar-refractivity contribution >= 4 is 5.69 Å². The molecule has 4 nitrogen and oxygen atoms in total. The number of benzene rings is 1. The van der Waals surface area contributed by atoms with E-state index < -0.39 is 0 Å². The largest absolute Gasteiger partial charge is 0.329 e. The maximum Gasteiger partial charge on any atom is 0.198 e. The Morgan fingerprint density at radius 1 is 1.30 bits per heavy atom. The summed E-state index contributed by atoms with van der Waals surface area (Å²) < 4.78 is 0. The summed E-state index contributed by atoms with van der Waals surface area (Å²) in [6.45, 7) is 0. The van der Waals surface area contributed by atoms with Crippen molar-refractivity contribution in [2.24, 2.45) is 11.1 Å². The first-order valence-electron chi connectivity index (χ1n) is 2.79. The highest BCUT2D eigenvalue weighted by Gasteiger charge is 1.98. The molecule has 0 saturated carbocycles. The van der Waals surface area contributed by atoms with Gasteiger partial charge in [0.2, 0.25) is 0 Å². The van der Waals surface area contributed by atoms with Gasteiger partial charge in [-0.3, -0.25) is 0 Å². The van der Waals surface area contributed by atoms with E-state index in [2.05, 4.69) is 5.22 Å². The van der Waals surface area contributed by atoms with Crippen molar-refractivity contribution in [1.29, 1.82) is 0 Å². The highest BCUT2D eigenvalue weighted by atomic mass is 16.5. The maximum absolute atomic E-state index is 8.87. The van der Waals surface area contributed by atoms with Crippen LogP contribution in [0.1, 0.15) is 0 Å². The number of hydrogen-bond donors (Lipinski definition) is 2. The zero-order chi connectivity index (χ0) is 7.40. The van der Waals surface area contributed by atoms with Crippen molar-refractivity contribution in [3.8, 4) is 0 Å². The minimum atomic E-state index is 0.546. The molecule has 0 fully saturated rings. The van der Waals surface area contributed by atoms with E-state index in [-0.39, 0.29) is 0 Å². The molecule has 0 atom stereocenters. The van der Waals surface area contributed by atoms with Crippen LogP contribution in [0.2, 0.25) is 0 Å². The standard InChI is InChI=1S/C6H7N3O/c7-8-9(10)6-4-2-1-3-5-6/h1-5,7,10H/p+1. The van der Waals surface area contributed by atoms with Gasteiger partial charge in [-0.1, -0.05) is 18.2 Å². The molecule has 10 heavy (non-hydrogen) atoms. The molecule has 0 aromatic heterocycles. The third-order valence-corrected chi connectivity index (χ3v) is 1.10. The van der Waals surface area contributed by atoms with Gasteiger partial charge in [-0.2, -0.15) is 5.84 Å². The highest BCUT2D eigenvalue weighted by Crippen LogP contribution is 2.06. The van der Waals surface area contributed by atoms with Gasteiger partial charge < -0.3 is 5.21 Å². The summed E-state index contributed by atoms with van der Waals surface area (Å²) in [5, 5.41) is 11.9. The van der Waals surface area contributed by atoms with Crippen molar-refractivity contribution < 1.29 is 10.1 Å². The van der Waals surface area contributed by atoms with E-state index in [9.17, 15) is 0 Å². The van der Waals surface area contributed by atoms with Crippen LogP contribution < -0.4 is 5.84 Å². The minimum Gasteiger partial charge on any atom is -0.329 e. The fraction of sp³-hybridized carbons (Fsp3) is 0. The first-order chi connectivity index (χ1) is 4.84. The van der Waals surface area contributed by atoms with Crippen LogP contribution >= 0.6 is 0 Å². The number of nitrogens with zero attached hydrogens (tertiary/aromatic N) is 2. The van der Waals surface area contributed by atoms with Gasteiger partial charge in [0.05, 0.1) is 4.86 Å². The van der Waals surface area contributed by atoms with Crippen LogP contribution in [0.25, 0.3) is 0 Å². The lowest BCUT2D eigenvalue weighted by molar-refractivity contribution is -0.765. The second kappa shape index (κ2) is 2.82. The third kappa shape index (κ3) is 1.22. The average molecular weight is 138 g/mol. The summed E-state index contributed by atoms with van der Waals surface area (Å²) in [6, 6.07) is 8.79. The van der Waals surface area contributed by atoms with Gasteiger partial charge in [-0.15, -0.1) is 0 Å². The lowest BCUT2D eigenvalue weighted by atomic mass is 10.3. The zero-order valence-corrected chi connectivity index (χ0v) is 5.31. The van der Waals surface area contributed by atoms with Crippen LogP contribution in [-0.2, 0) is 0 Å². The molecule has 0 spiro atoms. The quantitative estimate of drug-likeness (QED) is 0.263. The second-order valence-electron chi connectivity index (χ2n) is 1.74. The Labute approximate surface area is 58.1 Å². The van der Waals surface area contributed by atoms with Crippen LogP contribution in [-0.4, -0.2) is 10.1 Å². The van der Waals surface area contributed by atoms with E-state index >= 15 is 0 Å². The second-order valence-corrected chi connectivity index (χ2v) is 1.74. The van der Waals surface area contributed by atoms with Crippen molar-refractivity contribution in [2.75, 3.05) is 0 Å². The van der Waals surface area contributed by atoms with Crippen molar-refractivity contribution in [2.45, 2.75) is 0 Å². The molecule has 52 valence electrons. The van der Waals surface area contributed by atoms with Gasteiger partial charge in [-0.05, 0) is 12.1 Å². The molecule has 4 heteroatoms. The summed E-state index contributed by atoms with van der Waals surface area (Å²) in [5.41, 5.74) is 0.546. The summed E-state index contributed by atoms with van der Waals surface area (Å²) in [6.07, 6.45) is 0. The van der Waals surface area contributed by atoms with E-state index in [1.165, 1.54) is 0 Å². The maximum atomic E-state index is 8.87. The topological polar surface area (TPSA) is 61.6 Å². The first-order valence-corrected chi connectivity index (χ1v) is 2.79. The molecule has 0 aliphatic carbocycles. The minimum absolute atomic E-state index is 0.546. The van der Waals surface area contributed by atoms with Crippen molar-refractivity contribution in [1.82, 2.24) is 0 Å². The molecule has 0 amide bonds. The van der Waals surface area contributed by atoms with Gasteiger partial charge >= 0.3 is 0 Å². The number of hydrogen-bond acceptors (Lipinski definition) is 1. The lowest BCUT2D eigenvalue weighted by Gasteiger charge is -1.89.